The highest BCUT2D eigenvalue weighted by atomic mass is 16.7. The number of carbonyl (C=O) groups is 3. The lowest BCUT2D eigenvalue weighted by atomic mass is 10.2. The van der Waals surface area contributed by atoms with Gasteiger partial charge in [-0.05, 0) is 36.4 Å². The van der Waals surface area contributed by atoms with E-state index in [0.717, 1.165) is 0 Å². The zero-order chi connectivity index (χ0) is 20.4. The molecule has 2 aliphatic rings. The zero-order valence-electron chi connectivity index (χ0n) is 15.7. The first-order chi connectivity index (χ1) is 14.0. The number of esters is 1. The summed E-state index contributed by atoms with van der Waals surface area (Å²) in [6, 6.07) is 11.4. The van der Waals surface area contributed by atoms with Gasteiger partial charge in [-0.1, -0.05) is 0 Å². The normalized spacial score (nSPS) is 14.9. The quantitative estimate of drug-likeness (QED) is 0.776. The van der Waals surface area contributed by atoms with Crippen LogP contribution in [0.25, 0.3) is 0 Å². The van der Waals surface area contributed by atoms with Crippen LogP contribution in [0.3, 0.4) is 0 Å². The van der Waals surface area contributed by atoms with Crippen molar-refractivity contribution >= 4 is 29.3 Å². The molecule has 2 aromatic rings. The second-order valence-corrected chi connectivity index (χ2v) is 6.51. The molecule has 3 amide bonds. The van der Waals surface area contributed by atoms with E-state index in [-0.39, 0.29) is 25.3 Å². The lowest BCUT2D eigenvalue weighted by molar-refractivity contribution is -0.116. The maximum absolute atomic E-state index is 12.7. The highest BCUT2D eigenvalue weighted by molar-refractivity contribution is 5.99. The Morgan fingerprint density at radius 2 is 1.83 bits per heavy atom. The van der Waals surface area contributed by atoms with E-state index in [1.54, 1.807) is 47.4 Å². The summed E-state index contributed by atoms with van der Waals surface area (Å²) >= 11 is 0. The van der Waals surface area contributed by atoms with E-state index < -0.39 is 5.97 Å². The molecule has 0 unspecified atom stereocenters. The van der Waals surface area contributed by atoms with Gasteiger partial charge in [-0.3, -0.25) is 9.69 Å². The number of nitrogens with zero attached hydrogens (tertiary/aromatic N) is 2. The van der Waals surface area contributed by atoms with Crippen LogP contribution >= 0.6 is 0 Å². The van der Waals surface area contributed by atoms with Gasteiger partial charge in [-0.15, -0.1) is 0 Å². The molecule has 9 nitrogen and oxygen atoms in total. The van der Waals surface area contributed by atoms with Crippen LogP contribution in [0.1, 0.15) is 10.4 Å². The summed E-state index contributed by atoms with van der Waals surface area (Å²) in [7, 11) is 1.30. The number of benzene rings is 2. The number of rotatable bonds is 5. The predicted molar refractivity (Wildman–Crippen MR) is 103 cm³/mol. The van der Waals surface area contributed by atoms with Crippen LogP contribution in [0.2, 0.25) is 0 Å². The molecule has 29 heavy (non-hydrogen) atoms. The number of fused-ring (bicyclic) bond motifs is 1. The number of methoxy groups -OCH3 is 1. The second kappa shape index (κ2) is 7.70. The molecule has 0 saturated carbocycles. The van der Waals surface area contributed by atoms with Crippen molar-refractivity contribution in [2.45, 2.75) is 0 Å². The molecule has 1 fully saturated rings. The van der Waals surface area contributed by atoms with Gasteiger partial charge in [0.25, 0.3) is 0 Å². The molecule has 150 valence electrons. The van der Waals surface area contributed by atoms with Gasteiger partial charge in [0.05, 0.1) is 12.7 Å². The SMILES string of the molecule is COC(=O)c1ccc(NC(=O)CN2CCN(c3ccc4c(c3)OCO4)C2=O)cc1. The van der Waals surface area contributed by atoms with Crippen LogP contribution in [0.15, 0.2) is 42.5 Å². The highest BCUT2D eigenvalue weighted by Crippen LogP contribution is 2.36. The van der Waals surface area contributed by atoms with Gasteiger partial charge in [0, 0.05) is 30.5 Å². The lowest BCUT2D eigenvalue weighted by Gasteiger charge is -2.18. The average Bonchev–Trinajstić information content (AvgIpc) is 3.34. The number of amides is 3. The molecule has 0 atom stereocenters. The van der Waals surface area contributed by atoms with E-state index in [0.29, 0.717) is 41.5 Å². The topological polar surface area (TPSA) is 97.4 Å². The molecule has 0 radical (unpaired) electrons. The summed E-state index contributed by atoms with van der Waals surface area (Å²) in [6.07, 6.45) is 0. The number of anilines is 2. The van der Waals surface area contributed by atoms with Crippen molar-refractivity contribution in [1.29, 1.82) is 0 Å². The van der Waals surface area contributed by atoms with E-state index in [4.69, 9.17) is 9.47 Å². The highest BCUT2D eigenvalue weighted by Gasteiger charge is 2.31. The summed E-state index contributed by atoms with van der Waals surface area (Å²) in [5.41, 5.74) is 1.61. The van der Waals surface area contributed by atoms with Crippen molar-refractivity contribution in [3.63, 3.8) is 0 Å². The first kappa shape index (κ1) is 18.6. The molecule has 0 spiro atoms. The molecule has 1 N–H and O–H groups in total. The standard InChI is InChI=1S/C20H19N3O6/c1-27-19(25)13-2-4-14(5-3-13)21-18(24)11-22-8-9-23(20(22)26)15-6-7-16-17(10-15)29-12-28-16/h2-7,10H,8-9,11-12H2,1H3,(H,21,24). The van der Waals surface area contributed by atoms with Crippen LogP contribution < -0.4 is 19.7 Å². The summed E-state index contributed by atoms with van der Waals surface area (Å²) in [4.78, 5) is 39.6. The number of hydrogen-bond donors (Lipinski definition) is 1. The van der Waals surface area contributed by atoms with Gasteiger partial charge in [0.2, 0.25) is 12.7 Å². The maximum atomic E-state index is 12.7. The fourth-order valence-electron chi connectivity index (χ4n) is 3.20. The van der Waals surface area contributed by atoms with Crippen LogP contribution in [0.4, 0.5) is 16.2 Å². The number of carbonyl (C=O) groups excluding carboxylic acids is 3. The molecular formula is C20H19N3O6. The lowest BCUT2D eigenvalue weighted by Crippen LogP contribution is -2.37. The van der Waals surface area contributed by atoms with Gasteiger partial charge in [0.1, 0.15) is 6.54 Å². The van der Waals surface area contributed by atoms with Crippen molar-refractivity contribution in [3.05, 3.63) is 48.0 Å². The molecule has 9 heteroatoms. The Kier molecular flexibility index (Phi) is 4.94. The van der Waals surface area contributed by atoms with Crippen molar-refractivity contribution < 1.29 is 28.6 Å². The fraction of sp³-hybridized carbons (Fsp3) is 0.250. The van der Waals surface area contributed by atoms with E-state index in [1.165, 1.54) is 12.0 Å². The maximum Gasteiger partial charge on any atom is 0.337 e. The van der Waals surface area contributed by atoms with Gasteiger partial charge in [-0.25, -0.2) is 9.59 Å². The van der Waals surface area contributed by atoms with Crippen LogP contribution in [0.5, 0.6) is 11.5 Å². The van der Waals surface area contributed by atoms with E-state index in [1.807, 2.05) is 0 Å². The largest absolute Gasteiger partial charge is 0.465 e. The second-order valence-electron chi connectivity index (χ2n) is 6.51. The molecule has 0 aromatic heterocycles. The van der Waals surface area contributed by atoms with Gasteiger partial charge in [-0.2, -0.15) is 0 Å². The van der Waals surface area contributed by atoms with Crippen LogP contribution in [-0.2, 0) is 9.53 Å². The molecule has 0 aliphatic carbocycles. The molecule has 2 aromatic carbocycles. The Morgan fingerprint density at radius 1 is 1.07 bits per heavy atom. The van der Waals surface area contributed by atoms with Gasteiger partial charge >= 0.3 is 12.0 Å². The Balaban J connectivity index is 1.35. The number of hydrogen-bond acceptors (Lipinski definition) is 6. The van der Waals surface area contributed by atoms with Crippen molar-refractivity contribution in [2.24, 2.45) is 0 Å². The minimum atomic E-state index is -0.450. The van der Waals surface area contributed by atoms with Crippen LogP contribution in [0, 0.1) is 0 Å². The smallest absolute Gasteiger partial charge is 0.337 e. The summed E-state index contributed by atoms with van der Waals surface area (Å²) in [5.74, 6) is 0.475. The van der Waals surface area contributed by atoms with Crippen molar-refractivity contribution in [2.75, 3.05) is 43.8 Å². The first-order valence-electron chi connectivity index (χ1n) is 8.99. The van der Waals surface area contributed by atoms with Crippen LogP contribution in [-0.4, -0.2) is 56.3 Å². The predicted octanol–water partition coefficient (Wildman–Crippen LogP) is 2.08. The Labute approximate surface area is 166 Å². The third kappa shape index (κ3) is 3.79. The number of nitrogens with one attached hydrogen (secondary N) is 1. The first-order valence-corrected chi connectivity index (χ1v) is 8.99. The minimum Gasteiger partial charge on any atom is -0.465 e. The van der Waals surface area contributed by atoms with E-state index >= 15 is 0 Å². The third-order valence-corrected chi connectivity index (χ3v) is 4.69. The van der Waals surface area contributed by atoms with Crippen molar-refractivity contribution in [3.8, 4) is 11.5 Å². The van der Waals surface area contributed by atoms with Crippen molar-refractivity contribution in [1.82, 2.24) is 4.90 Å². The van der Waals surface area contributed by atoms with E-state index in [9.17, 15) is 14.4 Å². The fourth-order valence-corrected chi connectivity index (χ4v) is 3.20. The molecule has 1 saturated heterocycles. The molecule has 4 rings (SSSR count). The molecule has 0 bridgehead atoms. The minimum absolute atomic E-state index is 0.0708. The molecular weight excluding hydrogens is 378 g/mol. The van der Waals surface area contributed by atoms with Gasteiger partial charge < -0.3 is 24.4 Å². The molecule has 2 aliphatic heterocycles. The zero-order valence-corrected chi connectivity index (χ0v) is 15.7. The summed E-state index contributed by atoms with van der Waals surface area (Å²) in [5, 5.41) is 2.72. The Bertz CT molecular complexity index is 959. The monoisotopic (exact) mass is 397 g/mol. The average molecular weight is 397 g/mol. The molecule has 2 heterocycles. The summed E-state index contributed by atoms with van der Waals surface area (Å²) < 4.78 is 15.3. The third-order valence-electron chi connectivity index (χ3n) is 4.69. The van der Waals surface area contributed by atoms with E-state index in [2.05, 4.69) is 10.1 Å². The number of urea groups is 1. The summed E-state index contributed by atoms with van der Waals surface area (Å²) in [6.45, 7) is 1.000. The Hall–Kier alpha value is -3.75. The Morgan fingerprint density at radius 3 is 2.59 bits per heavy atom. The van der Waals surface area contributed by atoms with Gasteiger partial charge in [0.15, 0.2) is 11.5 Å². The number of ether oxygens (including phenoxy) is 3.